The summed E-state index contributed by atoms with van der Waals surface area (Å²) in [4.78, 5) is 11.5. The summed E-state index contributed by atoms with van der Waals surface area (Å²) in [5.74, 6) is -0.167. The number of unbranched alkanes of at least 4 members (excludes halogenated alkanes) is 6. The summed E-state index contributed by atoms with van der Waals surface area (Å²) in [5.41, 5.74) is 0. The molecule has 0 N–H and O–H groups in total. The number of aromatic nitrogens is 2. The number of ether oxygens (including phenoxy) is 1. The zero-order chi connectivity index (χ0) is 22.1. The van der Waals surface area contributed by atoms with Gasteiger partial charge in [-0.1, -0.05) is 58.8 Å². The number of esters is 1. The van der Waals surface area contributed by atoms with E-state index >= 15 is 0 Å². The summed E-state index contributed by atoms with van der Waals surface area (Å²) in [6.45, 7) is 6.53. The standard InChI is InChI=1S/C12H21N2O2.C8H18O4S/c1-4-5-6-11(2)16-12(15)9-14-8-7-13(3)10-14;1-2-3-4-5-6-7-8-12-13(9,10)11/h7-8,10-11H,4-6,9H2,1-3H3;2-8H2,1H3,(H,9,10,11)/q+1;/p-1. The van der Waals surface area contributed by atoms with E-state index in [4.69, 9.17) is 4.74 Å². The molecule has 0 aliphatic heterocycles. The third-order valence-corrected chi connectivity index (χ3v) is 4.61. The number of aryl methyl sites for hydroxylation is 1. The molecule has 0 radical (unpaired) electrons. The van der Waals surface area contributed by atoms with Gasteiger partial charge in [0, 0.05) is 0 Å². The quantitative estimate of drug-likeness (QED) is 0.146. The molecule has 0 amide bonds. The van der Waals surface area contributed by atoms with Crippen molar-refractivity contribution in [1.29, 1.82) is 0 Å². The van der Waals surface area contributed by atoms with E-state index in [0.717, 1.165) is 32.1 Å². The van der Waals surface area contributed by atoms with Gasteiger partial charge in [-0.05, 0) is 19.8 Å². The van der Waals surface area contributed by atoms with Crippen molar-refractivity contribution >= 4 is 16.4 Å². The second-order valence-electron chi connectivity index (χ2n) is 7.19. The van der Waals surface area contributed by atoms with Crippen molar-refractivity contribution in [2.24, 2.45) is 7.05 Å². The number of imidazole rings is 1. The fourth-order valence-corrected chi connectivity index (χ4v) is 2.92. The van der Waals surface area contributed by atoms with Crippen molar-refractivity contribution < 1.29 is 31.3 Å². The first-order valence-electron chi connectivity index (χ1n) is 10.5. The SMILES string of the molecule is CCCCC(C)OC(=O)Cn1cc[n+](C)c1.CCCCCCCCOS(=O)(=O)[O-]. The molecule has 0 saturated carbocycles. The number of nitrogens with zero attached hydrogens (tertiary/aromatic N) is 2. The minimum atomic E-state index is -4.47. The van der Waals surface area contributed by atoms with E-state index < -0.39 is 10.4 Å². The highest BCUT2D eigenvalue weighted by Crippen LogP contribution is 2.06. The summed E-state index contributed by atoms with van der Waals surface area (Å²) >= 11 is 0. The van der Waals surface area contributed by atoms with Crippen LogP contribution in [0.25, 0.3) is 0 Å². The summed E-state index contributed by atoms with van der Waals surface area (Å²) in [7, 11) is -2.55. The van der Waals surface area contributed by atoms with Crippen LogP contribution in [-0.2, 0) is 37.7 Å². The van der Waals surface area contributed by atoms with Crippen LogP contribution in [0.5, 0.6) is 0 Å². The molecule has 0 fully saturated rings. The Kier molecular flexibility index (Phi) is 15.5. The number of carbonyl (C=O) groups is 1. The zero-order valence-corrected chi connectivity index (χ0v) is 19.2. The van der Waals surface area contributed by atoms with E-state index in [1.165, 1.54) is 19.3 Å². The van der Waals surface area contributed by atoms with Crippen molar-refractivity contribution in [2.75, 3.05) is 6.61 Å². The van der Waals surface area contributed by atoms with Crippen molar-refractivity contribution in [3.05, 3.63) is 18.7 Å². The van der Waals surface area contributed by atoms with Crippen LogP contribution >= 0.6 is 0 Å². The van der Waals surface area contributed by atoms with E-state index in [0.29, 0.717) is 6.42 Å². The van der Waals surface area contributed by atoms with E-state index in [9.17, 15) is 17.8 Å². The van der Waals surface area contributed by atoms with Gasteiger partial charge >= 0.3 is 5.97 Å². The van der Waals surface area contributed by atoms with Gasteiger partial charge in [0.1, 0.15) is 12.4 Å². The van der Waals surface area contributed by atoms with Gasteiger partial charge in [0.15, 0.2) is 6.54 Å². The minimum Gasteiger partial charge on any atom is -0.726 e. The third kappa shape index (κ3) is 18.3. The molecular formula is C20H38N2O6S. The van der Waals surface area contributed by atoms with Gasteiger partial charge in [0.05, 0.1) is 19.8 Å². The van der Waals surface area contributed by atoms with Crippen LogP contribution in [0.3, 0.4) is 0 Å². The Labute approximate surface area is 176 Å². The number of rotatable bonds is 14. The first kappa shape index (κ1) is 27.5. The molecule has 0 aromatic carbocycles. The molecule has 1 atom stereocenters. The molecule has 9 heteroatoms. The molecule has 1 aromatic rings. The topological polar surface area (TPSA) is 102 Å². The second-order valence-corrected chi connectivity index (χ2v) is 8.24. The van der Waals surface area contributed by atoms with Crippen LogP contribution in [0.15, 0.2) is 18.7 Å². The molecule has 1 rings (SSSR count). The lowest BCUT2D eigenvalue weighted by Gasteiger charge is -2.11. The highest BCUT2D eigenvalue weighted by molar-refractivity contribution is 7.80. The molecule has 0 aliphatic carbocycles. The molecule has 1 heterocycles. The summed E-state index contributed by atoms with van der Waals surface area (Å²) in [6.07, 6.45) is 15.0. The van der Waals surface area contributed by atoms with Crippen molar-refractivity contribution in [3.8, 4) is 0 Å². The monoisotopic (exact) mass is 434 g/mol. The maximum atomic E-state index is 11.5. The minimum absolute atomic E-state index is 0.0248. The maximum Gasteiger partial charge on any atom is 0.348 e. The van der Waals surface area contributed by atoms with Crippen molar-refractivity contribution in [2.45, 2.75) is 91.2 Å². The molecule has 1 aromatic heterocycles. The molecule has 1 unspecified atom stereocenters. The Hall–Kier alpha value is -1.45. The Morgan fingerprint density at radius 2 is 1.72 bits per heavy atom. The smallest absolute Gasteiger partial charge is 0.348 e. The lowest BCUT2D eigenvalue weighted by atomic mass is 10.1. The average Bonchev–Trinajstić information content (AvgIpc) is 3.03. The highest BCUT2D eigenvalue weighted by atomic mass is 32.3. The number of hydrogen-bond acceptors (Lipinski definition) is 6. The van der Waals surface area contributed by atoms with E-state index in [1.54, 1.807) is 0 Å². The highest BCUT2D eigenvalue weighted by Gasteiger charge is 2.12. The predicted molar refractivity (Wildman–Crippen MR) is 110 cm³/mol. The van der Waals surface area contributed by atoms with Gasteiger partial charge in [0.2, 0.25) is 16.7 Å². The van der Waals surface area contributed by atoms with Crippen LogP contribution in [-0.4, -0.2) is 36.2 Å². The van der Waals surface area contributed by atoms with E-state index in [2.05, 4.69) is 18.0 Å². The van der Waals surface area contributed by atoms with Crippen LogP contribution in [0.2, 0.25) is 0 Å². The summed E-state index contributed by atoms with van der Waals surface area (Å²) < 4.78 is 43.0. The fraction of sp³-hybridized carbons (Fsp3) is 0.800. The molecule has 0 saturated heterocycles. The third-order valence-electron chi connectivity index (χ3n) is 4.16. The first-order chi connectivity index (χ1) is 13.7. The molecule has 0 spiro atoms. The van der Waals surface area contributed by atoms with Crippen LogP contribution < -0.4 is 4.57 Å². The molecule has 0 bridgehead atoms. The molecular weight excluding hydrogens is 396 g/mol. The maximum absolute atomic E-state index is 11.5. The zero-order valence-electron chi connectivity index (χ0n) is 18.3. The lowest BCUT2D eigenvalue weighted by molar-refractivity contribution is -0.671. The van der Waals surface area contributed by atoms with Gasteiger partial charge in [-0.3, -0.25) is 4.18 Å². The summed E-state index contributed by atoms with van der Waals surface area (Å²) in [5, 5.41) is 0. The van der Waals surface area contributed by atoms with Gasteiger partial charge in [-0.15, -0.1) is 0 Å². The molecule has 0 aliphatic rings. The van der Waals surface area contributed by atoms with Gasteiger partial charge in [-0.2, -0.15) is 0 Å². The fourth-order valence-electron chi connectivity index (χ4n) is 2.60. The largest absolute Gasteiger partial charge is 0.726 e. The first-order valence-corrected chi connectivity index (χ1v) is 11.8. The normalized spacial score (nSPS) is 12.2. The number of hydrogen-bond donors (Lipinski definition) is 0. The Morgan fingerprint density at radius 3 is 2.28 bits per heavy atom. The Bertz CT molecular complexity index is 645. The van der Waals surface area contributed by atoms with E-state index in [1.807, 2.05) is 41.8 Å². The second kappa shape index (κ2) is 16.4. The Balaban J connectivity index is 0.000000555. The predicted octanol–water partition coefficient (Wildman–Crippen LogP) is 3.26. The van der Waals surface area contributed by atoms with Crippen molar-refractivity contribution in [3.63, 3.8) is 0 Å². The lowest BCUT2D eigenvalue weighted by Crippen LogP contribution is -2.25. The molecule has 170 valence electrons. The van der Waals surface area contributed by atoms with Crippen LogP contribution in [0.4, 0.5) is 0 Å². The average molecular weight is 435 g/mol. The molecule has 29 heavy (non-hydrogen) atoms. The molecule has 8 nitrogen and oxygen atoms in total. The van der Waals surface area contributed by atoms with E-state index in [-0.39, 0.29) is 25.2 Å². The van der Waals surface area contributed by atoms with Crippen molar-refractivity contribution in [1.82, 2.24) is 4.57 Å². The van der Waals surface area contributed by atoms with Gasteiger partial charge in [-0.25, -0.2) is 22.3 Å². The van der Waals surface area contributed by atoms with Gasteiger partial charge in [0.25, 0.3) is 0 Å². The van der Waals surface area contributed by atoms with Gasteiger partial charge < -0.3 is 9.29 Å². The van der Waals surface area contributed by atoms with Crippen LogP contribution in [0.1, 0.15) is 78.6 Å². The number of carbonyl (C=O) groups excluding carboxylic acids is 1. The summed E-state index contributed by atoms with van der Waals surface area (Å²) in [6, 6.07) is 0. The van der Waals surface area contributed by atoms with Crippen LogP contribution in [0, 0.1) is 0 Å². The Morgan fingerprint density at radius 1 is 1.10 bits per heavy atom.